The van der Waals surface area contributed by atoms with Crippen LogP contribution in [0.5, 0.6) is 0 Å². The Hall–Kier alpha value is -3.53. The SMILES string of the molecule is O=C1CC(Sc2nnc(-c3cccc([N+](=O)[O-])c3)o2)C(=O)N1c1ccccc1. The maximum absolute atomic E-state index is 12.6. The molecule has 0 saturated carbocycles. The lowest BCUT2D eigenvalue weighted by molar-refractivity contribution is -0.384. The maximum atomic E-state index is 12.6. The highest BCUT2D eigenvalue weighted by Crippen LogP contribution is 2.34. The van der Waals surface area contributed by atoms with Crippen LogP contribution in [-0.4, -0.2) is 32.2 Å². The molecule has 1 aromatic heterocycles. The summed E-state index contributed by atoms with van der Waals surface area (Å²) >= 11 is 1.00. The van der Waals surface area contributed by atoms with E-state index >= 15 is 0 Å². The van der Waals surface area contributed by atoms with Crippen molar-refractivity contribution in [2.24, 2.45) is 0 Å². The summed E-state index contributed by atoms with van der Waals surface area (Å²) in [6.45, 7) is 0. The van der Waals surface area contributed by atoms with Gasteiger partial charge in [0.2, 0.25) is 17.7 Å². The van der Waals surface area contributed by atoms with E-state index in [-0.39, 0.29) is 35.0 Å². The number of nitro benzene ring substituents is 1. The zero-order valence-electron chi connectivity index (χ0n) is 14.2. The van der Waals surface area contributed by atoms with E-state index in [1.807, 2.05) is 0 Å². The second-order valence-corrected chi connectivity index (χ2v) is 7.05. The van der Waals surface area contributed by atoms with Crippen LogP contribution in [-0.2, 0) is 9.59 Å². The van der Waals surface area contributed by atoms with Crippen molar-refractivity contribution in [3.05, 3.63) is 64.7 Å². The average Bonchev–Trinajstić information content (AvgIpc) is 3.27. The van der Waals surface area contributed by atoms with Crippen molar-refractivity contribution in [1.29, 1.82) is 0 Å². The molecule has 1 aliphatic heterocycles. The lowest BCUT2D eigenvalue weighted by atomic mass is 10.2. The van der Waals surface area contributed by atoms with Crippen LogP contribution in [0.2, 0.25) is 0 Å². The Balaban J connectivity index is 1.52. The number of carbonyl (C=O) groups is 2. The minimum atomic E-state index is -0.675. The van der Waals surface area contributed by atoms with Crippen molar-refractivity contribution in [3.8, 4) is 11.5 Å². The molecule has 2 amide bonds. The van der Waals surface area contributed by atoms with E-state index in [2.05, 4.69) is 10.2 Å². The molecule has 9 nitrogen and oxygen atoms in total. The van der Waals surface area contributed by atoms with Crippen molar-refractivity contribution in [3.63, 3.8) is 0 Å². The first-order valence-corrected chi connectivity index (χ1v) is 9.08. The molecule has 0 aliphatic carbocycles. The molecular weight excluding hydrogens is 384 g/mol. The monoisotopic (exact) mass is 396 g/mol. The molecule has 0 radical (unpaired) electrons. The largest absolute Gasteiger partial charge is 0.411 e. The van der Waals surface area contributed by atoms with Gasteiger partial charge in [-0.1, -0.05) is 36.0 Å². The van der Waals surface area contributed by atoms with Gasteiger partial charge in [0.1, 0.15) is 5.25 Å². The molecule has 0 N–H and O–H groups in total. The molecule has 10 heteroatoms. The van der Waals surface area contributed by atoms with Crippen LogP contribution in [0.25, 0.3) is 11.5 Å². The van der Waals surface area contributed by atoms with Crippen molar-refractivity contribution >= 4 is 35.0 Å². The van der Waals surface area contributed by atoms with Gasteiger partial charge in [0, 0.05) is 24.1 Å². The zero-order chi connectivity index (χ0) is 19.7. The number of nitro groups is 1. The molecule has 3 aromatic rings. The number of non-ortho nitro benzene ring substituents is 1. The second kappa shape index (κ2) is 7.24. The standard InChI is InChI=1S/C18H12N4O5S/c23-15-10-14(17(24)21(15)12-6-2-1-3-7-12)28-18-20-19-16(27-18)11-5-4-8-13(9-11)22(25)26/h1-9,14H,10H2. The fourth-order valence-electron chi connectivity index (χ4n) is 2.79. The predicted molar refractivity (Wildman–Crippen MR) is 99.6 cm³/mol. The first-order chi connectivity index (χ1) is 13.5. The first-order valence-electron chi connectivity index (χ1n) is 8.20. The molecule has 2 heterocycles. The molecule has 1 fully saturated rings. The topological polar surface area (TPSA) is 119 Å². The van der Waals surface area contributed by atoms with Crippen LogP contribution < -0.4 is 4.90 Å². The summed E-state index contributed by atoms with van der Waals surface area (Å²) in [6, 6.07) is 14.5. The van der Waals surface area contributed by atoms with Gasteiger partial charge in [0.15, 0.2) is 0 Å². The molecule has 4 rings (SSSR count). The number of nitrogens with zero attached hydrogens (tertiary/aromatic N) is 4. The molecule has 1 unspecified atom stereocenters. The number of hydrogen-bond donors (Lipinski definition) is 0. The minimum absolute atomic E-state index is 0.0208. The van der Waals surface area contributed by atoms with E-state index in [0.717, 1.165) is 16.7 Å². The Morgan fingerprint density at radius 2 is 1.89 bits per heavy atom. The Labute approximate surface area is 162 Å². The van der Waals surface area contributed by atoms with E-state index in [4.69, 9.17) is 4.42 Å². The molecule has 0 bridgehead atoms. The summed E-state index contributed by atoms with van der Waals surface area (Å²) in [4.78, 5) is 36.4. The quantitative estimate of drug-likeness (QED) is 0.367. The number of imide groups is 1. The summed E-state index contributed by atoms with van der Waals surface area (Å²) in [5.74, 6) is -0.550. The summed E-state index contributed by atoms with van der Waals surface area (Å²) in [7, 11) is 0. The fraction of sp³-hybridized carbons (Fsp3) is 0.111. The lowest BCUT2D eigenvalue weighted by Crippen LogP contribution is -2.30. The van der Waals surface area contributed by atoms with Gasteiger partial charge in [-0.05, 0) is 18.2 Å². The van der Waals surface area contributed by atoms with Crippen molar-refractivity contribution in [1.82, 2.24) is 10.2 Å². The lowest BCUT2D eigenvalue weighted by Gasteiger charge is -2.13. The van der Waals surface area contributed by atoms with Crippen LogP contribution in [0.1, 0.15) is 6.42 Å². The normalized spacial score (nSPS) is 16.6. The Morgan fingerprint density at radius 3 is 2.64 bits per heavy atom. The van der Waals surface area contributed by atoms with E-state index in [0.29, 0.717) is 11.3 Å². The molecule has 1 aliphatic rings. The van der Waals surface area contributed by atoms with E-state index in [9.17, 15) is 19.7 Å². The number of aromatic nitrogens is 2. The molecule has 28 heavy (non-hydrogen) atoms. The first kappa shape index (κ1) is 17.9. The number of amides is 2. The summed E-state index contributed by atoms with van der Waals surface area (Å²) in [5.41, 5.74) is 0.816. The van der Waals surface area contributed by atoms with Crippen LogP contribution in [0.3, 0.4) is 0 Å². The predicted octanol–water partition coefficient (Wildman–Crippen LogP) is 3.07. The maximum Gasteiger partial charge on any atom is 0.277 e. The van der Waals surface area contributed by atoms with Gasteiger partial charge in [0.25, 0.3) is 10.9 Å². The summed E-state index contributed by atoms with van der Waals surface area (Å²) < 4.78 is 5.53. The summed E-state index contributed by atoms with van der Waals surface area (Å²) in [6.07, 6.45) is 0.0208. The fourth-order valence-corrected chi connectivity index (χ4v) is 3.68. The molecular formula is C18H12N4O5S. The second-order valence-electron chi connectivity index (χ2n) is 5.89. The van der Waals surface area contributed by atoms with Crippen molar-refractivity contribution in [2.45, 2.75) is 16.9 Å². The number of benzene rings is 2. The summed E-state index contributed by atoms with van der Waals surface area (Å²) in [5, 5.41) is 18.1. The Kier molecular flexibility index (Phi) is 4.62. The molecule has 1 saturated heterocycles. The van der Waals surface area contributed by atoms with E-state index in [1.54, 1.807) is 36.4 Å². The average molecular weight is 396 g/mol. The van der Waals surface area contributed by atoms with Crippen molar-refractivity contribution in [2.75, 3.05) is 4.90 Å². The Morgan fingerprint density at radius 1 is 1.11 bits per heavy atom. The third kappa shape index (κ3) is 3.37. The molecule has 2 aromatic carbocycles. The van der Waals surface area contributed by atoms with Crippen LogP contribution in [0.15, 0.2) is 64.2 Å². The molecule has 140 valence electrons. The van der Waals surface area contributed by atoms with Gasteiger partial charge >= 0.3 is 0 Å². The highest BCUT2D eigenvalue weighted by atomic mass is 32.2. The molecule has 1 atom stereocenters. The number of thioether (sulfide) groups is 1. The minimum Gasteiger partial charge on any atom is -0.411 e. The van der Waals surface area contributed by atoms with Crippen LogP contribution in [0, 0.1) is 10.1 Å². The van der Waals surface area contributed by atoms with Gasteiger partial charge < -0.3 is 4.42 Å². The third-order valence-corrected chi connectivity index (χ3v) is 5.09. The van der Waals surface area contributed by atoms with Gasteiger partial charge in [0.05, 0.1) is 10.6 Å². The highest BCUT2D eigenvalue weighted by Gasteiger charge is 2.41. The number of para-hydroxylation sites is 1. The smallest absolute Gasteiger partial charge is 0.277 e. The van der Waals surface area contributed by atoms with Gasteiger partial charge in [-0.3, -0.25) is 19.7 Å². The highest BCUT2D eigenvalue weighted by molar-refractivity contribution is 8.00. The zero-order valence-corrected chi connectivity index (χ0v) is 15.0. The van der Waals surface area contributed by atoms with Gasteiger partial charge in [-0.2, -0.15) is 0 Å². The number of rotatable bonds is 5. The van der Waals surface area contributed by atoms with Crippen molar-refractivity contribution < 1.29 is 18.9 Å². The van der Waals surface area contributed by atoms with Crippen LogP contribution in [0.4, 0.5) is 11.4 Å². The number of anilines is 1. The van der Waals surface area contributed by atoms with Gasteiger partial charge in [-0.25, -0.2) is 4.90 Å². The van der Waals surface area contributed by atoms with Crippen LogP contribution >= 0.6 is 11.8 Å². The molecule has 0 spiro atoms. The number of hydrogen-bond acceptors (Lipinski definition) is 8. The Bertz CT molecular complexity index is 1070. The number of carbonyl (C=O) groups excluding carboxylic acids is 2. The van der Waals surface area contributed by atoms with E-state index in [1.165, 1.54) is 18.2 Å². The van der Waals surface area contributed by atoms with E-state index < -0.39 is 10.2 Å². The third-order valence-electron chi connectivity index (χ3n) is 4.07. The van der Waals surface area contributed by atoms with Gasteiger partial charge in [-0.15, -0.1) is 10.2 Å².